The number of halogens is 3. The zero-order valence-electron chi connectivity index (χ0n) is 12.1. The molecule has 23 heavy (non-hydrogen) atoms. The maximum absolute atomic E-state index is 11.7. The Balaban J connectivity index is 1.83. The lowest BCUT2D eigenvalue weighted by molar-refractivity contribution is -0.123. The molecule has 0 aliphatic rings. The molecule has 1 amide bonds. The number of nitrogens with zero attached hydrogens (tertiary/aromatic N) is 1. The van der Waals surface area contributed by atoms with E-state index in [0.717, 1.165) is 5.56 Å². The summed E-state index contributed by atoms with van der Waals surface area (Å²) in [6.07, 6.45) is 1.46. The van der Waals surface area contributed by atoms with Crippen molar-refractivity contribution in [1.82, 2.24) is 5.43 Å². The molecule has 2 aromatic rings. The van der Waals surface area contributed by atoms with E-state index in [1.54, 1.807) is 36.4 Å². The number of carbonyl (C=O) groups is 1. The van der Waals surface area contributed by atoms with Gasteiger partial charge in [0.1, 0.15) is 5.75 Å². The molecule has 120 valence electrons. The van der Waals surface area contributed by atoms with Gasteiger partial charge in [-0.3, -0.25) is 4.79 Å². The molecule has 0 saturated heterocycles. The summed E-state index contributed by atoms with van der Waals surface area (Å²) in [7, 11) is 0. The Morgan fingerprint density at radius 2 is 1.87 bits per heavy atom. The monoisotopic (exact) mass is 370 g/mol. The van der Waals surface area contributed by atoms with Crippen molar-refractivity contribution in [2.75, 3.05) is 6.61 Å². The quantitative estimate of drug-likeness (QED) is 0.622. The Labute approximate surface area is 149 Å². The first-order valence-electron chi connectivity index (χ1n) is 6.61. The highest BCUT2D eigenvalue weighted by Gasteiger charge is 2.03. The van der Waals surface area contributed by atoms with Gasteiger partial charge in [0.15, 0.2) is 6.61 Å². The third kappa shape index (κ3) is 5.43. The zero-order chi connectivity index (χ0) is 16.8. The molecule has 0 atom stereocenters. The van der Waals surface area contributed by atoms with Crippen LogP contribution in [-0.2, 0) is 4.79 Å². The van der Waals surface area contributed by atoms with Gasteiger partial charge in [-0.15, -0.1) is 0 Å². The van der Waals surface area contributed by atoms with Gasteiger partial charge in [0.05, 0.1) is 16.3 Å². The minimum atomic E-state index is -0.381. The fourth-order valence-electron chi connectivity index (χ4n) is 1.66. The highest BCUT2D eigenvalue weighted by molar-refractivity contribution is 6.42. The Kier molecular flexibility index (Phi) is 6.28. The number of aryl methyl sites for hydroxylation is 1. The van der Waals surface area contributed by atoms with Crippen LogP contribution in [0.5, 0.6) is 5.75 Å². The average Bonchev–Trinajstić information content (AvgIpc) is 2.52. The van der Waals surface area contributed by atoms with E-state index in [-0.39, 0.29) is 12.5 Å². The molecule has 0 fully saturated rings. The largest absolute Gasteiger partial charge is 0.484 e. The van der Waals surface area contributed by atoms with E-state index in [1.807, 2.05) is 6.92 Å². The Morgan fingerprint density at radius 3 is 2.57 bits per heavy atom. The molecule has 0 radical (unpaired) electrons. The summed E-state index contributed by atoms with van der Waals surface area (Å²) in [5, 5.41) is 5.35. The number of benzene rings is 2. The minimum Gasteiger partial charge on any atom is -0.484 e. The van der Waals surface area contributed by atoms with E-state index >= 15 is 0 Å². The van der Waals surface area contributed by atoms with Crippen molar-refractivity contribution in [1.29, 1.82) is 0 Å². The van der Waals surface area contributed by atoms with Gasteiger partial charge in [0.2, 0.25) is 0 Å². The number of hydrazone groups is 1. The maximum Gasteiger partial charge on any atom is 0.277 e. The number of rotatable bonds is 5. The number of nitrogens with one attached hydrogen (secondary N) is 1. The van der Waals surface area contributed by atoms with Crippen LogP contribution in [0.25, 0.3) is 0 Å². The molecule has 0 heterocycles. The molecule has 0 aliphatic heterocycles. The summed E-state index contributed by atoms with van der Waals surface area (Å²) < 4.78 is 5.36. The van der Waals surface area contributed by atoms with Crippen LogP contribution in [0.4, 0.5) is 0 Å². The zero-order valence-corrected chi connectivity index (χ0v) is 14.4. The maximum atomic E-state index is 11.7. The van der Waals surface area contributed by atoms with Crippen LogP contribution in [0.1, 0.15) is 11.1 Å². The Morgan fingerprint density at radius 1 is 1.13 bits per heavy atom. The van der Waals surface area contributed by atoms with Gasteiger partial charge in [-0.1, -0.05) is 40.9 Å². The first kappa shape index (κ1) is 17.6. The molecule has 0 aromatic heterocycles. The molecule has 7 heteroatoms. The smallest absolute Gasteiger partial charge is 0.277 e. The topological polar surface area (TPSA) is 50.7 Å². The highest BCUT2D eigenvalue weighted by Crippen LogP contribution is 2.22. The molecule has 1 N–H and O–H groups in total. The predicted molar refractivity (Wildman–Crippen MR) is 93.9 cm³/mol. The van der Waals surface area contributed by atoms with Crippen LogP contribution < -0.4 is 10.2 Å². The SMILES string of the molecule is Cc1cc(OCC(=O)N/N=C/c2ccc(Cl)c(Cl)c2)ccc1Cl. The van der Waals surface area contributed by atoms with Gasteiger partial charge < -0.3 is 4.74 Å². The van der Waals surface area contributed by atoms with Crippen molar-refractivity contribution in [3.8, 4) is 5.75 Å². The van der Waals surface area contributed by atoms with Gasteiger partial charge in [-0.05, 0) is 48.4 Å². The normalized spacial score (nSPS) is 10.8. The Bertz CT molecular complexity index is 748. The summed E-state index contributed by atoms with van der Waals surface area (Å²) in [4.78, 5) is 11.7. The molecule has 0 saturated carbocycles. The van der Waals surface area contributed by atoms with Gasteiger partial charge in [-0.25, -0.2) is 5.43 Å². The summed E-state index contributed by atoms with van der Waals surface area (Å²) >= 11 is 17.6. The van der Waals surface area contributed by atoms with Gasteiger partial charge in [-0.2, -0.15) is 5.10 Å². The van der Waals surface area contributed by atoms with Crippen molar-refractivity contribution in [2.24, 2.45) is 5.10 Å². The van der Waals surface area contributed by atoms with E-state index in [4.69, 9.17) is 39.5 Å². The molecule has 0 aliphatic carbocycles. The van der Waals surface area contributed by atoms with E-state index in [9.17, 15) is 4.79 Å². The van der Waals surface area contributed by atoms with Gasteiger partial charge in [0, 0.05) is 5.02 Å². The third-order valence-corrected chi connectivity index (χ3v) is 4.01. The number of carbonyl (C=O) groups excluding carboxylic acids is 1. The van der Waals surface area contributed by atoms with Crippen LogP contribution in [-0.4, -0.2) is 18.7 Å². The van der Waals surface area contributed by atoms with Crippen LogP contribution in [0.3, 0.4) is 0 Å². The van der Waals surface area contributed by atoms with Crippen molar-refractivity contribution < 1.29 is 9.53 Å². The lowest BCUT2D eigenvalue weighted by Gasteiger charge is -2.06. The van der Waals surface area contributed by atoms with Crippen molar-refractivity contribution in [2.45, 2.75) is 6.92 Å². The van der Waals surface area contributed by atoms with E-state index in [0.29, 0.717) is 26.4 Å². The summed E-state index contributed by atoms with van der Waals surface area (Å²) in [6, 6.07) is 10.2. The number of ether oxygens (including phenoxy) is 1. The molecule has 0 unspecified atom stereocenters. The summed E-state index contributed by atoms with van der Waals surface area (Å²) in [5.41, 5.74) is 3.96. The lowest BCUT2D eigenvalue weighted by atomic mass is 10.2. The van der Waals surface area contributed by atoms with Gasteiger partial charge in [0.25, 0.3) is 5.91 Å². The molecule has 2 aromatic carbocycles. The van der Waals surface area contributed by atoms with E-state index < -0.39 is 0 Å². The van der Waals surface area contributed by atoms with Crippen molar-refractivity contribution in [3.05, 3.63) is 62.6 Å². The van der Waals surface area contributed by atoms with Crippen LogP contribution in [0, 0.1) is 6.92 Å². The van der Waals surface area contributed by atoms with Gasteiger partial charge >= 0.3 is 0 Å². The average molecular weight is 372 g/mol. The van der Waals surface area contributed by atoms with Crippen molar-refractivity contribution in [3.63, 3.8) is 0 Å². The number of amides is 1. The molecule has 0 bridgehead atoms. The molecule has 0 spiro atoms. The highest BCUT2D eigenvalue weighted by atomic mass is 35.5. The van der Waals surface area contributed by atoms with Crippen molar-refractivity contribution >= 4 is 46.9 Å². The lowest BCUT2D eigenvalue weighted by Crippen LogP contribution is -2.24. The third-order valence-electron chi connectivity index (χ3n) is 2.85. The van der Waals surface area contributed by atoms with Crippen LogP contribution in [0.15, 0.2) is 41.5 Å². The number of hydrogen-bond acceptors (Lipinski definition) is 3. The standard InChI is InChI=1S/C16H13Cl3N2O2/c1-10-6-12(3-5-13(10)17)23-9-16(22)21-20-8-11-2-4-14(18)15(19)7-11/h2-8H,9H2,1H3,(H,21,22)/b20-8+. The minimum absolute atomic E-state index is 0.153. The molecule has 4 nitrogen and oxygen atoms in total. The second-order valence-electron chi connectivity index (χ2n) is 4.67. The molecular weight excluding hydrogens is 359 g/mol. The van der Waals surface area contributed by atoms with Crippen LogP contribution in [0.2, 0.25) is 15.1 Å². The molecule has 2 rings (SSSR count). The second kappa shape index (κ2) is 8.20. The van der Waals surface area contributed by atoms with Crippen LogP contribution >= 0.6 is 34.8 Å². The molecular formula is C16H13Cl3N2O2. The predicted octanol–water partition coefficient (Wildman–Crippen LogP) is 4.48. The Hall–Kier alpha value is -1.75. The number of hydrogen-bond donors (Lipinski definition) is 1. The fraction of sp³-hybridized carbons (Fsp3) is 0.125. The second-order valence-corrected chi connectivity index (χ2v) is 5.89. The fourth-order valence-corrected chi connectivity index (χ4v) is 2.08. The van der Waals surface area contributed by atoms with E-state index in [1.165, 1.54) is 6.21 Å². The first-order chi connectivity index (χ1) is 11.0. The summed E-state index contributed by atoms with van der Waals surface area (Å²) in [5.74, 6) is 0.185. The summed E-state index contributed by atoms with van der Waals surface area (Å²) in [6.45, 7) is 1.70. The first-order valence-corrected chi connectivity index (χ1v) is 7.75. The van der Waals surface area contributed by atoms with E-state index in [2.05, 4.69) is 10.5 Å².